The zero-order valence-electron chi connectivity index (χ0n) is 22.9. The van der Waals surface area contributed by atoms with Crippen LogP contribution in [-0.4, -0.2) is 39.6 Å². The van der Waals surface area contributed by atoms with E-state index in [-0.39, 0.29) is 10.8 Å². The third kappa shape index (κ3) is 7.37. The van der Waals surface area contributed by atoms with Crippen LogP contribution in [0.3, 0.4) is 0 Å². The van der Waals surface area contributed by atoms with Gasteiger partial charge in [-0.25, -0.2) is 13.8 Å². The van der Waals surface area contributed by atoms with Gasteiger partial charge in [-0.15, -0.1) is 0 Å². The minimum atomic E-state index is -4.08. The fraction of sp³-hybridized carbons (Fsp3) is 0.129. The normalized spacial score (nSPS) is 11.4. The number of sulfonamides is 1. The van der Waals surface area contributed by atoms with Crippen molar-refractivity contribution in [1.82, 2.24) is 5.43 Å². The highest BCUT2D eigenvalue weighted by atomic mass is 32.2. The van der Waals surface area contributed by atoms with E-state index in [1.807, 2.05) is 13.0 Å². The first kappa shape index (κ1) is 29.0. The van der Waals surface area contributed by atoms with E-state index >= 15 is 0 Å². The molecule has 9 nitrogen and oxygen atoms in total. The summed E-state index contributed by atoms with van der Waals surface area (Å²) >= 11 is 0. The highest BCUT2D eigenvalue weighted by Gasteiger charge is 2.27. The summed E-state index contributed by atoms with van der Waals surface area (Å²) in [5.74, 6) is -0.326. The number of hydrazone groups is 1. The SMILES string of the molecule is COc1ccc(S(=O)(=O)N(CC(=O)N/N=C(/C)c2ccc(NC(=O)c3ccccc3)cc2)c2ccc(C)cc2)cc1. The lowest BCUT2D eigenvalue weighted by Crippen LogP contribution is -2.39. The van der Waals surface area contributed by atoms with Gasteiger partial charge in [-0.3, -0.25) is 13.9 Å². The van der Waals surface area contributed by atoms with Crippen molar-refractivity contribution >= 4 is 38.9 Å². The molecule has 4 aromatic rings. The second-order valence-corrected chi connectivity index (χ2v) is 11.0. The Labute approximate surface area is 239 Å². The summed E-state index contributed by atoms with van der Waals surface area (Å²) in [4.78, 5) is 25.3. The van der Waals surface area contributed by atoms with Crippen molar-refractivity contribution in [2.24, 2.45) is 5.10 Å². The smallest absolute Gasteiger partial charge is 0.264 e. The number of benzene rings is 4. The van der Waals surface area contributed by atoms with Gasteiger partial charge in [-0.05, 0) is 80.1 Å². The van der Waals surface area contributed by atoms with E-state index in [4.69, 9.17) is 4.74 Å². The van der Waals surface area contributed by atoms with Crippen LogP contribution in [0.2, 0.25) is 0 Å². The lowest BCUT2D eigenvalue weighted by molar-refractivity contribution is -0.119. The van der Waals surface area contributed by atoms with Crippen molar-refractivity contribution in [3.8, 4) is 5.75 Å². The van der Waals surface area contributed by atoms with Crippen LogP contribution in [0.1, 0.15) is 28.4 Å². The summed E-state index contributed by atoms with van der Waals surface area (Å²) in [6.07, 6.45) is 0. The van der Waals surface area contributed by atoms with Crippen LogP contribution < -0.4 is 19.8 Å². The second-order valence-electron chi connectivity index (χ2n) is 9.15. The molecule has 0 bridgehead atoms. The maximum Gasteiger partial charge on any atom is 0.264 e. The fourth-order valence-electron chi connectivity index (χ4n) is 3.87. The molecule has 0 spiro atoms. The number of amides is 2. The Bertz CT molecular complexity index is 1640. The van der Waals surface area contributed by atoms with E-state index in [0.29, 0.717) is 34.0 Å². The molecule has 210 valence electrons. The van der Waals surface area contributed by atoms with Gasteiger partial charge >= 0.3 is 0 Å². The third-order valence-electron chi connectivity index (χ3n) is 6.20. The molecule has 0 aliphatic heterocycles. The molecule has 0 unspecified atom stereocenters. The molecule has 0 radical (unpaired) electrons. The molecule has 0 aromatic heterocycles. The Morgan fingerprint density at radius 3 is 2.07 bits per heavy atom. The number of nitrogens with zero attached hydrogens (tertiary/aromatic N) is 2. The lowest BCUT2D eigenvalue weighted by atomic mass is 10.1. The molecule has 0 fully saturated rings. The Hall–Kier alpha value is -4.96. The third-order valence-corrected chi connectivity index (χ3v) is 7.99. The van der Waals surface area contributed by atoms with Crippen molar-refractivity contribution in [1.29, 1.82) is 0 Å². The first-order valence-electron chi connectivity index (χ1n) is 12.7. The molecule has 10 heteroatoms. The largest absolute Gasteiger partial charge is 0.497 e. The first-order valence-corrected chi connectivity index (χ1v) is 14.1. The topological polar surface area (TPSA) is 117 Å². The Morgan fingerprint density at radius 1 is 0.829 bits per heavy atom. The average molecular weight is 571 g/mol. The summed E-state index contributed by atoms with van der Waals surface area (Å²) < 4.78 is 33.3. The maximum atomic E-state index is 13.6. The molecule has 2 N–H and O–H groups in total. The van der Waals surface area contributed by atoms with E-state index in [2.05, 4.69) is 15.8 Å². The summed E-state index contributed by atoms with van der Waals surface area (Å²) in [5.41, 5.74) is 6.12. The molecule has 0 saturated carbocycles. The van der Waals surface area contributed by atoms with Gasteiger partial charge in [-0.1, -0.05) is 48.0 Å². The molecule has 0 aliphatic carbocycles. The zero-order chi connectivity index (χ0) is 29.4. The van der Waals surface area contributed by atoms with Gasteiger partial charge in [0.25, 0.3) is 21.8 Å². The number of hydrogen-bond donors (Lipinski definition) is 2. The van der Waals surface area contributed by atoms with Crippen LogP contribution in [0, 0.1) is 6.92 Å². The van der Waals surface area contributed by atoms with Gasteiger partial charge in [-0.2, -0.15) is 5.10 Å². The van der Waals surface area contributed by atoms with Gasteiger partial charge in [0.1, 0.15) is 12.3 Å². The molecule has 41 heavy (non-hydrogen) atoms. The van der Waals surface area contributed by atoms with Gasteiger partial charge in [0.2, 0.25) is 0 Å². The fourth-order valence-corrected chi connectivity index (χ4v) is 5.29. The molecule has 0 atom stereocenters. The highest BCUT2D eigenvalue weighted by Crippen LogP contribution is 2.25. The Kier molecular flexibility index (Phi) is 9.15. The number of carbonyl (C=O) groups is 2. The summed E-state index contributed by atoms with van der Waals surface area (Å²) in [6, 6.07) is 28.7. The highest BCUT2D eigenvalue weighted by molar-refractivity contribution is 7.92. The van der Waals surface area contributed by atoms with Gasteiger partial charge in [0.15, 0.2) is 0 Å². The number of carbonyl (C=O) groups excluding carboxylic acids is 2. The summed E-state index contributed by atoms with van der Waals surface area (Å²) in [7, 11) is -2.59. The Balaban J connectivity index is 1.46. The summed E-state index contributed by atoms with van der Waals surface area (Å²) in [5, 5.41) is 6.99. The van der Waals surface area contributed by atoms with Crippen molar-refractivity contribution in [3.63, 3.8) is 0 Å². The van der Waals surface area contributed by atoms with Gasteiger partial charge in [0, 0.05) is 11.3 Å². The quantitative estimate of drug-likeness (QED) is 0.206. The molecule has 0 aliphatic rings. The molecule has 4 aromatic carbocycles. The molecular formula is C31H30N4O5S. The lowest BCUT2D eigenvalue weighted by Gasteiger charge is -2.24. The number of aryl methyl sites for hydroxylation is 1. The first-order chi connectivity index (χ1) is 19.7. The van der Waals surface area contributed by atoms with Crippen molar-refractivity contribution < 1.29 is 22.7 Å². The standard InChI is InChI=1S/C31H30N4O5S/c1-22-9-15-27(16-10-22)35(41(38,39)29-19-17-28(40-3)18-20-29)21-30(36)34-33-23(2)24-11-13-26(14-12-24)32-31(37)25-7-5-4-6-8-25/h4-20H,21H2,1-3H3,(H,32,37)(H,34,36)/b33-23-. The van der Waals surface area contributed by atoms with E-state index < -0.39 is 22.5 Å². The van der Waals surface area contributed by atoms with Crippen molar-refractivity contribution in [2.75, 3.05) is 23.3 Å². The minimum absolute atomic E-state index is 0.0193. The van der Waals surface area contributed by atoms with Crippen molar-refractivity contribution in [2.45, 2.75) is 18.7 Å². The van der Waals surface area contributed by atoms with Crippen LogP contribution in [-0.2, 0) is 14.8 Å². The van der Waals surface area contributed by atoms with Crippen LogP contribution in [0.4, 0.5) is 11.4 Å². The number of rotatable bonds is 10. The Morgan fingerprint density at radius 2 is 1.46 bits per heavy atom. The van der Waals surface area contributed by atoms with E-state index in [1.165, 1.54) is 19.2 Å². The number of ether oxygens (including phenoxy) is 1. The van der Waals surface area contributed by atoms with Crippen LogP contribution >= 0.6 is 0 Å². The van der Waals surface area contributed by atoms with Gasteiger partial charge in [0.05, 0.1) is 23.4 Å². The number of anilines is 2. The van der Waals surface area contributed by atoms with E-state index in [1.54, 1.807) is 91.9 Å². The maximum absolute atomic E-state index is 13.6. The molecule has 4 rings (SSSR count). The zero-order valence-corrected chi connectivity index (χ0v) is 23.7. The number of hydrogen-bond acceptors (Lipinski definition) is 6. The van der Waals surface area contributed by atoms with Crippen LogP contribution in [0.5, 0.6) is 5.75 Å². The van der Waals surface area contributed by atoms with Crippen LogP contribution in [0.25, 0.3) is 0 Å². The molecule has 2 amide bonds. The molecule has 0 heterocycles. The minimum Gasteiger partial charge on any atom is -0.497 e. The molecule has 0 saturated heterocycles. The van der Waals surface area contributed by atoms with E-state index in [9.17, 15) is 18.0 Å². The monoisotopic (exact) mass is 570 g/mol. The number of nitrogens with one attached hydrogen (secondary N) is 2. The van der Waals surface area contributed by atoms with E-state index in [0.717, 1.165) is 9.87 Å². The van der Waals surface area contributed by atoms with Crippen molar-refractivity contribution in [3.05, 3.63) is 120 Å². The predicted octanol–water partition coefficient (Wildman–Crippen LogP) is 4.99. The van der Waals surface area contributed by atoms with Crippen LogP contribution in [0.15, 0.2) is 113 Å². The predicted molar refractivity (Wildman–Crippen MR) is 160 cm³/mol. The number of methoxy groups -OCH3 is 1. The average Bonchev–Trinajstić information content (AvgIpc) is 3.00. The molecular weight excluding hydrogens is 540 g/mol. The summed E-state index contributed by atoms with van der Waals surface area (Å²) in [6.45, 7) is 3.11. The second kappa shape index (κ2) is 12.9. The van der Waals surface area contributed by atoms with Gasteiger partial charge < -0.3 is 10.1 Å².